The Bertz CT molecular complexity index is 901. The van der Waals surface area contributed by atoms with Gasteiger partial charge in [-0.2, -0.15) is 0 Å². The number of carbonyl (C=O) groups is 1. The Hall–Kier alpha value is -2.89. The summed E-state index contributed by atoms with van der Waals surface area (Å²) in [7, 11) is 1.35. The molecule has 0 bridgehead atoms. The Kier molecular flexibility index (Phi) is 4.70. The monoisotopic (exact) mass is 341 g/mol. The molecule has 3 rings (SSSR count). The molecule has 6 heteroatoms. The van der Waals surface area contributed by atoms with E-state index in [1.807, 2.05) is 6.07 Å². The molecule has 130 valence electrons. The lowest BCUT2D eigenvalue weighted by atomic mass is 10.2. The maximum atomic E-state index is 13.1. The number of hydrogen-bond donors (Lipinski definition) is 1. The van der Waals surface area contributed by atoms with Crippen LogP contribution in [0.5, 0.6) is 0 Å². The highest BCUT2D eigenvalue weighted by atomic mass is 19.1. The number of fused-ring (bicyclic) bond motifs is 1. The van der Waals surface area contributed by atoms with E-state index >= 15 is 0 Å². The highest BCUT2D eigenvalue weighted by Crippen LogP contribution is 2.25. The van der Waals surface area contributed by atoms with Crippen LogP contribution in [0, 0.1) is 11.7 Å². The smallest absolute Gasteiger partial charge is 0.337 e. The van der Waals surface area contributed by atoms with Crippen molar-refractivity contribution in [1.29, 1.82) is 0 Å². The van der Waals surface area contributed by atoms with Crippen LogP contribution in [0.3, 0.4) is 0 Å². The van der Waals surface area contributed by atoms with Gasteiger partial charge in [0.25, 0.3) is 0 Å². The van der Waals surface area contributed by atoms with Crippen LogP contribution in [0.4, 0.5) is 16.0 Å². The molecular weight excluding hydrogens is 321 g/mol. The number of benzene rings is 2. The molecule has 0 saturated carbocycles. The van der Waals surface area contributed by atoms with Crippen molar-refractivity contribution in [3.8, 4) is 0 Å². The van der Waals surface area contributed by atoms with Gasteiger partial charge in [-0.15, -0.1) is 0 Å². The topological polar surface area (TPSA) is 56.1 Å². The van der Waals surface area contributed by atoms with Crippen molar-refractivity contribution in [2.24, 2.45) is 5.92 Å². The maximum Gasteiger partial charge on any atom is 0.337 e. The summed E-state index contributed by atoms with van der Waals surface area (Å²) in [5.41, 5.74) is 2.83. The lowest BCUT2D eigenvalue weighted by Crippen LogP contribution is -2.08. The minimum Gasteiger partial charge on any atom is -0.465 e. The molecule has 0 fully saturated rings. The standard InChI is InChI=1S/C19H20FN3O2/c1-12(2)11-23-17-9-4-13(18(24)25-3)10-16(17)22-19(23)21-15-7-5-14(20)6-8-15/h4-10,12H,11H2,1-3H3,(H,21,22). The van der Waals surface area contributed by atoms with Crippen LogP contribution in [0.25, 0.3) is 11.0 Å². The molecule has 2 aromatic carbocycles. The molecular formula is C19H20FN3O2. The quantitative estimate of drug-likeness (QED) is 0.701. The summed E-state index contributed by atoms with van der Waals surface area (Å²) in [4.78, 5) is 16.4. The predicted octanol–water partition coefficient (Wildman–Crippen LogP) is 4.36. The molecule has 1 aromatic heterocycles. The fraction of sp³-hybridized carbons (Fsp3) is 0.263. The lowest BCUT2D eigenvalue weighted by Gasteiger charge is -2.13. The van der Waals surface area contributed by atoms with E-state index in [9.17, 15) is 9.18 Å². The average Bonchev–Trinajstić information content (AvgIpc) is 2.92. The molecule has 0 saturated heterocycles. The van der Waals surface area contributed by atoms with Crippen LogP contribution >= 0.6 is 0 Å². The van der Waals surface area contributed by atoms with E-state index in [-0.39, 0.29) is 5.82 Å². The van der Waals surface area contributed by atoms with E-state index < -0.39 is 5.97 Å². The van der Waals surface area contributed by atoms with E-state index in [2.05, 4.69) is 28.7 Å². The van der Waals surface area contributed by atoms with Gasteiger partial charge in [0, 0.05) is 12.2 Å². The van der Waals surface area contributed by atoms with Crippen molar-refractivity contribution < 1.29 is 13.9 Å². The van der Waals surface area contributed by atoms with E-state index in [0.29, 0.717) is 22.9 Å². The minimum atomic E-state index is -0.395. The first-order valence-electron chi connectivity index (χ1n) is 8.09. The van der Waals surface area contributed by atoms with Crippen molar-refractivity contribution >= 4 is 28.6 Å². The van der Waals surface area contributed by atoms with Gasteiger partial charge in [-0.05, 0) is 48.4 Å². The zero-order valence-electron chi connectivity index (χ0n) is 14.4. The normalized spacial score (nSPS) is 11.1. The van der Waals surface area contributed by atoms with Crippen molar-refractivity contribution in [2.75, 3.05) is 12.4 Å². The summed E-state index contributed by atoms with van der Waals surface area (Å²) in [6.45, 7) is 5.00. The third-order valence-corrected chi connectivity index (χ3v) is 3.82. The number of nitrogens with one attached hydrogen (secondary N) is 1. The van der Waals surface area contributed by atoms with Gasteiger partial charge in [0.15, 0.2) is 0 Å². The van der Waals surface area contributed by atoms with Crippen LogP contribution in [0.1, 0.15) is 24.2 Å². The first kappa shape index (κ1) is 17.0. The van der Waals surface area contributed by atoms with Gasteiger partial charge >= 0.3 is 5.97 Å². The molecule has 1 heterocycles. The Morgan fingerprint density at radius 3 is 2.60 bits per heavy atom. The molecule has 0 aliphatic carbocycles. The maximum absolute atomic E-state index is 13.1. The predicted molar refractivity (Wildman–Crippen MR) is 95.6 cm³/mol. The van der Waals surface area contributed by atoms with Gasteiger partial charge in [0.05, 0.1) is 23.7 Å². The minimum absolute atomic E-state index is 0.288. The zero-order valence-corrected chi connectivity index (χ0v) is 14.4. The van der Waals surface area contributed by atoms with Crippen LogP contribution in [-0.2, 0) is 11.3 Å². The number of nitrogens with zero attached hydrogens (tertiary/aromatic N) is 2. The molecule has 0 spiro atoms. The largest absolute Gasteiger partial charge is 0.465 e. The second-order valence-corrected chi connectivity index (χ2v) is 6.27. The molecule has 0 radical (unpaired) electrons. The number of methoxy groups -OCH3 is 1. The van der Waals surface area contributed by atoms with E-state index in [1.54, 1.807) is 24.3 Å². The molecule has 3 aromatic rings. The molecule has 1 N–H and O–H groups in total. The number of esters is 1. The van der Waals surface area contributed by atoms with Gasteiger partial charge in [-0.3, -0.25) is 0 Å². The number of rotatable bonds is 5. The highest BCUT2D eigenvalue weighted by molar-refractivity contribution is 5.94. The summed E-state index contributed by atoms with van der Waals surface area (Å²) < 4.78 is 19.9. The number of imidazole rings is 1. The van der Waals surface area contributed by atoms with Crippen LogP contribution in [-0.4, -0.2) is 22.6 Å². The molecule has 25 heavy (non-hydrogen) atoms. The molecule has 0 amide bonds. The number of ether oxygens (including phenoxy) is 1. The van der Waals surface area contributed by atoms with Crippen LogP contribution in [0.2, 0.25) is 0 Å². The average molecular weight is 341 g/mol. The highest BCUT2D eigenvalue weighted by Gasteiger charge is 2.15. The van der Waals surface area contributed by atoms with Crippen LogP contribution < -0.4 is 5.32 Å². The van der Waals surface area contributed by atoms with Gasteiger partial charge < -0.3 is 14.6 Å². The first-order valence-corrected chi connectivity index (χ1v) is 8.09. The number of aromatic nitrogens is 2. The molecule has 0 aliphatic rings. The molecule has 5 nitrogen and oxygen atoms in total. The lowest BCUT2D eigenvalue weighted by molar-refractivity contribution is 0.0601. The summed E-state index contributed by atoms with van der Waals surface area (Å²) in [5, 5.41) is 3.23. The van der Waals surface area contributed by atoms with Crippen molar-refractivity contribution in [3.63, 3.8) is 0 Å². The Morgan fingerprint density at radius 2 is 1.96 bits per heavy atom. The Labute approximate surface area is 145 Å². The number of hydrogen-bond acceptors (Lipinski definition) is 4. The number of anilines is 2. The van der Waals surface area contributed by atoms with Crippen molar-refractivity contribution in [2.45, 2.75) is 20.4 Å². The second-order valence-electron chi connectivity index (χ2n) is 6.27. The second kappa shape index (κ2) is 6.93. The third kappa shape index (κ3) is 3.63. The summed E-state index contributed by atoms with van der Waals surface area (Å²) in [6.07, 6.45) is 0. The summed E-state index contributed by atoms with van der Waals surface area (Å²) in [5.74, 6) is 0.376. The van der Waals surface area contributed by atoms with Crippen molar-refractivity contribution in [1.82, 2.24) is 9.55 Å². The van der Waals surface area contributed by atoms with Crippen LogP contribution in [0.15, 0.2) is 42.5 Å². The molecule has 0 unspecified atom stereocenters. The van der Waals surface area contributed by atoms with Gasteiger partial charge in [-0.1, -0.05) is 13.8 Å². The molecule has 0 atom stereocenters. The van der Waals surface area contributed by atoms with Gasteiger partial charge in [0.1, 0.15) is 5.82 Å². The Morgan fingerprint density at radius 1 is 1.24 bits per heavy atom. The summed E-state index contributed by atoms with van der Waals surface area (Å²) >= 11 is 0. The zero-order chi connectivity index (χ0) is 18.0. The fourth-order valence-corrected chi connectivity index (χ4v) is 2.68. The van der Waals surface area contributed by atoms with Gasteiger partial charge in [0.2, 0.25) is 5.95 Å². The number of halogens is 1. The van der Waals surface area contributed by atoms with E-state index in [4.69, 9.17) is 4.74 Å². The molecule has 0 aliphatic heterocycles. The Balaban J connectivity index is 2.05. The summed E-state index contributed by atoms with van der Waals surface area (Å²) in [6, 6.07) is 11.4. The van der Waals surface area contributed by atoms with Crippen molar-refractivity contribution in [3.05, 3.63) is 53.8 Å². The van der Waals surface area contributed by atoms with E-state index in [0.717, 1.165) is 17.7 Å². The SMILES string of the molecule is COC(=O)c1ccc2c(c1)nc(Nc1ccc(F)cc1)n2CC(C)C. The fourth-order valence-electron chi connectivity index (χ4n) is 2.68. The van der Waals surface area contributed by atoms with E-state index in [1.165, 1.54) is 19.2 Å². The first-order chi connectivity index (χ1) is 12.0. The third-order valence-electron chi connectivity index (χ3n) is 3.82. The number of carbonyl (C=O) groups excluding carboxylic acids is 1. The van der Waals surface area contributed by atoms with Gasteiger partial charge in [-0.25, -0.2) is 14.2 Å².